The smallest absolute Gasteiger partial charge is 0.245 e. The number of anilines is 1. The van der Waals surface area contributed by atoms with Crippen LogP contribution in [0.4, 0.5) is 5.13 Å². The zero-order valence-electron chi connectivity index (χ0n) is 5.40. The van der Waals surface area contributed by atoms with Crippen LogP contribution >= 0.6 is 22.7 Å². The number of nitrogens with two attached hydrogens (primary N) is 1. The maximum atomic E-state index is 11.2. The lowest BCUT2D eigenvalue weighted by Gasteiger charge is -1.87. The summed E-state index contributed by atoms with van der Waals surface area (Å²) in [5.41, 5.74) is 5.40. The van der Waals surface area contributed by atoms with Crippen molar-refractivity contribution in [3.8, 4) is 0 Å². The number of hydrogen-bond donors (Lipinski definition) is 1. The molecule has 56 valence electrons. The third-order valence-corrected chi connectivity index (χ3v) is 2.79. The molecule has 0 aromatic carbocycles. The first-order valence-corrected chi connectivity index (χ1v) is 4.61. The Morgan fingerprint density at radius 3 is 3.18 bits per heavy atom. The molecule has 2 rings (SSSR count). The van der Waals surface area contributed by atoms with E-state index in [9.17, 15) is 4.79 Å². The van der Waals surface area contributed by atoms with Gasteiger partial charge in [-0.15, -0.1) is 11.3 Å². The maximum Gasteiger partial charge on any atom is 0.245 e. The van der Waals surface area contributed by atoms with Crippen LogP contribution in [-0.2, 0) is 0 Å². The summed E-state index contributed by atoms with van der Waals surface area (Å²) in [6.07, 6.45) is 0. The van der Waals surface area contributed by atoms with Crippen molar-refractivity contribution in [3.05, 3.63) is 21.0 Å². The fraction of sp³-hybridized carbons (Fsp3) is 0. The van der Waals surface area contributed by atoms with Crippen molar-refractivity contribution in [2.24, 2.45) is 0 Å². The number of aromatic nitrogens is 1. The Morgan fingerprint density at radius 2 is 2.36 bits per heavy atom. The fourth-order valence-corrected chi connectivity index (χ4v) is 2.31. The van der Waals surface area contributed by atoms with Crippen LogP contribution in [0.2, 0.25) is 0 Å². The normalized spacial score (nSPS) is 10.5. The zero-order chi connectivity index (χ0) is 7.84. The summed E-state index contributed by atoms with van der Waals surface area (Å²) in [7, 11) is 0. The molecule has 2 heterocycles. The maximum absolute atomic E-state index is 11.2. The molecule has 0 aliphatic carbocycles. The van der Waals surface area contributed by atoms with Gasteiger partial charge in [0.2, 0.25) is 4.74 Å². The van der Waals surface area contributed by atoms with Gasteiger partial charge in [0.25, 0.3) is 0 Å². The molecule has 2 N–H and O–H groups in total. The molecule has 5 heteroatoms. The van der Waals surface area contributed by atoms with Crippen molar-refractivity contribution in [2.75, 3.05) is 5.73 Å². The average Bonchev–Trinajstić information content (AvgIpc) is 2.34. The topological polar surface area (TPSA) is 56.0 Å². The van der Waals surface area contributed by atoms with Crippen molar-refractivity contribution in [1.29, 1.82) is 0 Å². The van der Waals surface area contributed by atoms with Crippen molar-refractivity contribution in [2.45, 2.75) is 0 Å². The van der Waals surface area contributed by atoms with E-state index in [1.54, 1.807) is 6.07 Å². The summed E-state index contributed by atoms with van der Waals surface area (Å²) >= 11 is 2.42. The quantitative estimate of drug-likeness (QED) is 0.671. The van der Waals surface area contributed by atoms with Gasteiger partial charge in [-0.2, -0.15) is 0 Å². The van der Waals surface area contributed by atoms with Crippen LogP contribution in [0, 0.1) is 0 Å². The summed E-state index contributed by atoms with van der Waals surface area (Å²) in [5, 5.41) is 2.85. The van der Waals surface area contributed by atoms with E-state index in [0.717, 1.165) is 16.2 Å². The first-order chi connectivity index (χ1) is 5.27. The molecule has 0 aliphatic rings. The lowest BCUT2D eigenvalue weighted by atomic mass is 10.5. The molecule has 3 nitrogen and oxygen atoms in total. The van der Waals surface area contributed by atoms with Gasteiger partial charge in [-0.3, -0.25) is 4.79 Å². The monoisotopic (exact) mass is 184 g/mol. The molecular formula is C6H4N2OS2. The third kappa shape index (κ3) is 1.02. The predicted octanol–water partition coefficient (Wildman–Crippen LogP) is 1.30. The first kappa shape index (κ1) is 6.75. The highest BCUT2D eigenvalue weighted by Crippen LogP contribution is 2.17. The second kappa shape index (κ2) is 2.28. The van der Waals surface area contributed by atoms with E-state index in [-0.39, 0.29) is 4.74 Å². The largest absolute Gasteiger partial charge is 0.375 e. The van der Waals surface area contributed by atoms with Gasteiger partial charge in [-0.25, -0.2) is 4.98 Å². The Kier molecular flexibility index (Phi) is 1.40. The zero-order valence-corrected chi connectivity index (χ0v) is 7.04. The molecule has 0 atom stereocenters. The first-order valence-electron chi connectivity index (χ1n) is 2.91. The second-order valence-electron chi connectivity index (χ2n) is 1.98. The van der Waals surface area contributed by atoms with E-state index in [1.807, 2.05) is 5.38 Å². The van der Waals surface area contributed by atoms with Crippen LogP contribution in [0.25, 0.3) is 10.2 Å². The number of thiophene rings is 1. The van der Waals surface area contributed by atoms with Crippen molar-refractivity contribution in [1.82, 2.24) is 4.98 Å². The Balaban J connectivity index is 3.02. The summed E-state index contributed by atoms with van der Waals surface area (Å²) in [6.45, 7) is 0. The van der Waals surface area contributed by atoms with Gasteiger partial charge >= 0.3 is 0 Å². The minimum Gasteiger partial charge on any atom is -0.375 e. The number of nitrogens with zero attached hydrogens (tertiary/aromatic N) is 1. The van der Waals surface area contributed by atoms with Gasteiger partial charge in [0.15, 0.2) is 5.13 Å². The highest BCUT2D eigenvalue weighted by Gasteiger charge is 2.01. The standard InChI is InChI=1S/C6H4N2OS2/c7-6-8-4-3(1-2-10-4)5(9)11-6/h1-2H,(H2,7,8). The minimum atomic E-state index is -0.00579. The molecule has 0 amide bonds. The fourth-order valence-electron chi connectivity index (χ4n) is 0.816. The van der Waals surface area contributed by atoms with Crippen LogP contribution < -0.4 is 10.5 Å². The van der Waals surface area contributed by atoms with Gasteiger partial charge in [0, 0.05) is 0 Å². The molecule has 0 saturated heterocycles. The summed E-state index contributed by atoms with van der Waals surface area (Å²) in [4.78, 5) is 15.9. The van der Waals surface area contributed by atoms with E-state index < -0.39 is 0 Å². The second-order valence-corrected chi connectivity index (χ2v) is 3.87. The molecule has 0 saturated carbocycles. The number of rotatable bonds is 0. The Labute approximate surface area is 70.1 Å². The van der Waals surface area contributed by atoms with Crippen LogP contribution in [0.15, 0.2) is 16.2 Å². The van der Waals surface area contributed by atoms with Gasteiger partial charge < -0.3 is 5.73 Å². The number of hydrogen-bond acceptors (Lipinski definition) is 5. The SMILES string of the molecule is Nc1nc2sccc2c(=O)s1. The van der Waals surface area contributed by atoms with Crippen molar-refractivity contribution < 1.29 is 0 Å². The Hall–Kier alpha value is -0.940. The predicted molar refractivity (Wildman–Crippen MR) is 48.2 cm³/mol. The minimum absolute atomic E-state index is 0.00579. The molecule has 2 aromatic rings. The molecule has 0 bridgehead atoms. The summed E-state index contributed by atoms with van der Waals surface area (Å²) < 4.78 is -0.00579. The van der Waals surface area contributed by atoms with Crippen molar-refractivity contribution in [3.63, 3.8) is 0 Å². The van der Waals surface area contributed by atoms with Gasteiger partial charge in [-0.1, -0.05) is 11.3 Å². The Morgan fingerprint density at radius 1 is 1.55 bits per heavy atom. The van der Waals surface area contributed by atoms with E-state index in [2.05, 4.69) is 4.98 Å². The third-order valence-electron chi connectivity index (χ3n) is 1.27. The lowest BCUT2D eigenvalue weighted by Crippen LogP contribution is -1.97. The molecule has 0 radical (unpaired) electrons. The van der Waals surface area contributed by atoms with E-state index >= 15 is 0 Å². The average molecular weight is 184 g/mol. The molecule has 0 spiro atoms. The van der Waals surface area contributed by atoms with E-state index in [1.165, 1.54) is 11.3 Å². The lowest BCUT2D eigenvalue weighted by molar-refractivity contribution is 1.51. The van der Waals surface area contributed by atoms with Gasteiger partial charge in [-0.05, 0) is 11.4 Å². The van der Waals surface area contributed by atoms with Crippen LogP contribution in [-0.4, -0.2) is 4.98 Å². The van der Waals surface area contributed by atoms with Crippen molar-refractivity contribution >= 4 is 38.0 Å². The molecule has 11 heavy (non-hydrogen) atoms. The highest BCUT2D eigenvalue weighted by molar-refractivity contribution is 7.18. The molecular weight excluding hydrogens is 180 g/mol. The molecule has 0 aliphatic heterocycles. The summed E-state index contributed by atoms with van der Waals surface area (Å²) in [5.74, 6) is 0. The van der Waals surface area contributed by atoms with E-state index in [0.29, 0.717) is 10.5 Å². The molecule has 0 unspecified atom stereocenters. The van der Waals surface area contributed by atoms with Gasteiger partial charge in [0.1, 0.15) is 4.83 Å². The number of nitrogen functional groups attached to an aromatic ring is 1. The van der Waals surface area contributed by atoms with Crippen LogP contribution in [0.1, 0.15) is 0 Å². The van der Waals surface area contributed by atoms with Crippen LogP contribution in [0.5, 0.6) is 0 Å². The van der Waals surface area contributed by atoms with E-state index in [4.69, 9.17) is 5.73 Å². The Bertz CT molecular complexity index is 445. The van der Waals surface area contributed by atoms with Crippen LogP contribution in [0.3, 0.4) is 0 Å². The summed E-state index contributed by atoms with van der Waals surface area (Å²) in [6, 6.07) is 1.77. The van der Waals surface area contributed by atoms with Gasteiger partial charge in [0.05, 0.1) is 5.39 Å². The molecule has 0 fully saturated rings. The molecule has 2 aromatic heterocycles. The number of fused-ring (bicyclic) bond motifs is 1. The highest BCUT2D eigenvalue weighted by atomic mass is 32.1.